The highest BCUT2D eigenvalue weighted by Crippen LogP contribution is 2.33. The molecule has 11 heteroatoms. The van der Waals surface area contributed by atoms with E-state index in [9.17, 15) is 9.18 Å². The van der Waals surface area contributed by atoms with E-state index in [0.29, 0.717) is 29.1 Å². The molecule has 3 aromatic heterocycles. The average Bonchev–Trinajstić information content (AvgIpc) is 3.33. The lowest BCUT2D eigenvalue weighted by molar-refractivity contribution is 0.181. The summed E-state index contributed by atoms with van der Waals surface area (Å²) >= 11 is 0. The van der Waals surface area contributed by atoms with Crippen molar-refractivity contribution in [2.45, 2.75) is 13.8 Å². The van der Waals surface area contributed by atoms with E-state index in [0.717, 1.165) is 0 Å². The maximum atomic E-state index is 14.2. The van der Waals surface area contributed by atoms with E-state index in [2.05, 4.69) is 20.1 Å². The van der Waals surface area contributed by atoms with E-state index < -0.39 is 6.09 Å². The van der Waals surface area contributed by atoms with Gasteiger partial charge >= 0.3 is 6.09 Å². The fourth-order valence-electron chi connectivity index (χ4n) is 3.55. The third-order valence-electron chi connectivity index (χ3n) is 4.97. The van der Waals surface area contributed by atoms with Crippen molar-refractivity contribution < 1.29 is 13.9 Å². The first-order valence-corrected chi connectivity index (χ1v) is 9.46. The van der Waals surface area contributed by atoms with Gasteiger partial charge in [0.25, 0.3) is 0 Å². The quantitative estimate of drug-likeness (QED) is 0.498. The normalized spacial score (nSPS) is 13.3. The van der Waals surface area contributed by atoms with Crippen molar-refractivity contribution in [2.24, 2.45) is 0 Å². The molecule has 1 aromatic carbocycles. The number of hydrogen-bond donors (Lipinski definition) is 2. The van der Waals surface area contributed by atoms with Gasteiger partial charge in [-0.15, -0.1) is 0 Å². The van der Waals surface area contributed by atoms with Gasteiger partial charge in [-0.05, 0) is 23.8 Å². The van der Waals surface area contributed by atoms with Gasteiger partial charge in [0.15, 0.2) is 17.5 Å². The molecule has 1 aliphatic rings. The molecule has 4 N–H and O–H groups in total. The van der Waals surface area contributed by atoms with Crippen LogP contribution in [-0.2, 0) is 11.2 Å². The van der Waals surface area contributed by atoms with Crippen molar-refractivity contribution in [3.63, 3.8) is 0 Å². The van der Waals surface area contributed by atoms with Crippen LogP contribution in [-0.4, -0.2) is 43.8 Å². The summed E-state index contributed by atoms with van der Waals surface area (Å²) in [6, 6.07) is 10.0. The molecule has 32 heavy (non-hydrogen) atoms. The lowest BCUT2D eigenvalue weighted by atomic mass is 10.1. The second kappa shape index (κ2) is 8.10. The maximum Gasteiger partial charge on any atom is 0.414 e. The van der Waals surface area contributed by atoms with Gasteiger partial charge in [-0.3, -0.25) is 4.90 Å². The first-order chi connectivity index (χ1) is 15.0. The Morgan fingerprint density at radius 2 is 1.81 bits per heavy atom. The van der Waals surface area contributed by atoms with Gasteiger partial charge in [0.1, 0.15) is 29.6 Å². The van der Waals surface area contributed by atoms with Crippen LogP contribution in [0, 0.1) is 5.82 Å². The van der Waals surface area contributed by atoms with E-state index in [1.165, 1.54) is 11.0 Å². The molecule has 1 fully saturated rings. The predicted molar refractivity (Wildman–Crippen MR) is 117 cm³/mol. The number of anilines is 3. The summed E-state index contributed by atoms with van der Waals surface area (Å²) in [4.78, 5) is 26.5. The van der Waals surface area contributed by atoms with Gasteiger partial charge in [0, 0.05) is 12.6 Å². The molecule has 0 aliphatic carbocycles. The number of nitrogens with zero attached hydrogens (tertiary/aromatic N) is 6. The van der Waals surface area contributed by atoms with Gasteiger partial charge in [-0.1, -0.05) is 25.6 Å². The van der Waals surface area contributed by atoms with E-state index >= 15 is 0 Å². The molecule has 0 unspecified atom stereocenters. The highest BCUT2D eigenvalue weighted by atomic mass is 19.1. The summed E-state index contributed by atoms with van der Waals surface area (Å²) in [5, 5.41) is 4.33. The number of cyclic esters (lactones) is 1. The zero-order chi connectivity index (χ0) is 21.5. The minimum atomic E-state index is -0.557. The highest BCUT2D eigenvalue weighted by Gasteiger charge is 2.29. The molecule has 10 nitrogen and oxygen atoms in total. The Hall–Kier alpha value is -4.28. The van der Waals surface area contributed by atoms with E-state index in [1.807, 2.05) is 0 Å². The monoisotopic (exact) mass is 436 g/mol. The summed E-state index contributed by atoms with van der Waals surface area (Å²) in [5.41, 5.74) is 13.9. The maximum absolute atomic E-state index is 14.2. The van der Waals surface area contributed by atoms with Crippen molar-refractivity contribution in [2.75, 3.05) is 29.5 Å². The minimum absolute atomic E-state index is 0. The molecule has 4 heterocycles. The first kappa shape index (κ1) is 21.0. The second-order valence-electron chi connectivity index (χ2n) is 6.90. The number of hydrogen-bond acceptors (Lipinski definition) is 8. The number of carbonyl (C=O) groups is 1. The zero-order valence-electron chi connectivity index (χ0n) is 16.2. The molecule has 1 aliphatic heterocycles. The molecule has 1 saturated heterocycles. The summed E-state index contributed by atoms with van der Waals surface area (Å²) < 4.78 is 20.7. The van der Waals surface area contributed by atoms with Gasteiger partial charge in [0.2, 0.25) is 0 Å². The van der Waals surface area contributed by atoms with Crippen LogP contribution in [0.15, 0.2) is 42.6 Å². The van der Waals surface area contributed by atoms with Crippen LogP contribution in [0.3, 0.4) is 0 Å². The fraction of sp³-hybridized carbons (Fsp3) is 0.190. The summed E-state index contributed by atoms with van der Waals surface area (Å²) in [5.74, 6) is 0.410. The Kier molecular flexibility index (Phi) is 5.31. The van der Waals surface area contributed by atoms with Gasteiger partial charge in [0.05, 0.1) is 12.1 Å². The number of nitrogens with two attached hydrogens (primary N) is 2. The van der Waals surface area contributed by atoms with E-state index in [4.69, 9.17) is 16.2 Å². The largest absolute Gasteiger partial charge is 0.447 e. The lowest BCUT2D eigenvalue weighted by Gasteiger charge is -2.16. The number of fused-ring (bicyclic) bond motifs is 1. The summed E-state index contributed by atoms with van der Waals surface area (Å²) in [6.07, 6.45) is 1.27. The predicted octanol–water partition coefficient (Wildman–Crippen LogP) is 2.67. The SMILES string of the molecule is C.Nc1nc(-c2nc(Cc3ccccc3F)n3ncccc23)nc(N)c1N1CCOC1=O. The average molecular weight is 436 g/mol. The topological polar surface area (TPSA) is 138 Å². The molecule has 0 atom stereocenters. The van der Waals surface area contributed by atoms with Crippen molar-refractivity contribution in [3.05, 3.63) is 59.8 Å². The van der Waals surface area contributed by atoms with Crippen molar-refractivity contribution >= 4 is 28.9 Å². The number of nitrogen functional groups attached to an aromatic ring is 2. The van der Waals surface area contributed by atoms with Crippen LogP contribution >= 0.6 is 0 Å². The van der Waals surface area contributed by atoms with Gasteiger partial charge in [-0.25, -0.2) is 28.7 Å². The molecular weight excluding hydrogens is 415 g/mol. The van der Waals surface area contributed by atoms with Crippen LogP contribution in [0.4, 0.5) is 26.5 Å². The van der Waals surface area contributed by atoms with Gasteiger partial charge < -0.3 is 16.2 Å². The molecule has 0 spiro atoms. The number of amides is 1. The Labute approximate surface area is 182 Å². The molecule has 0 saturated carbocycles. The fourth-order valence-corrected chi connectivity index (χ4v) is 3.55. The molecule has 1 amide bonds. The number of benzene rings is 1. The van der Waals surface area contributed by atoms with Crippen LogP contribution in [0.1, 0.15) is 18.8 Å². The summed E-state index contributed by atoms with van der Waals surface area (Å²) in [7, 11) is 0. The summed E-state index contributed by atoms with van der Waals surface area (Å²) in [6.45, 7) is 0.538. The van der Waals surface area contributed by atoms with E-state index in [-0.39, 0.29) is 49.4 Å². The molecular formula is C21H21FN8O2. The molecule has 164 valence electrons. The van der Waals surface area contributed by atoms with Crippen LogP contribution in [0.5, 0.6) is 0 Å². The van der Waals surface area contributed by atoms with Crippen LogP contribution < -0.4 is 16.4 Å². The van der Waals surface area contributed by atoms with Crippen molar-refractivity contribution in [1.29, 1.82) is 0 Å². The third kappa shape index (κ3) is 3.43. The molecule has 5 rings (SSSR count). The minimum Gasteiger partial charge on any atom is -0.447 e. The van der Waals surface area contributed by atoms with Crippen LogP contribution in [0.25, 0.3) is 17.0 Å². The third-order valence-corrected chi connectivity index (χ3v) is 4.97. The van der Waals surface area contributed by atoms with Crippen molar-refractivity contribution in [1.82, 2.24) is 24.6 Å². The second-order valence-corrected chi connectivity index (χ2v) is 6.90. The van der Waals surface area contributed by atoms with Crippen LogP contribution in [0.2, 0.25) is 0 Å². The smallest absolute Gasteiger partial charge is 0.414 e. The Morgan fingerprint density at radius 1 is 1.06 bits per heavy atom. The lowest BCUT2D eigenvalue weighted by Crippen LogP contribution is -2.26. The highest BCUT2D eigenvalue weighted by molar-refractivity contribution is 5.96. The Balaban J connectivity index is 0.00000245. The molecule has 0 radical (unpaired) electrons. The van der Waals surface area contributed by atoms with Gasteiger partial charge in [-0.2, -0.15) is 5.10 Å². The number of rotatable bonds is 4. The molecule has 4 aromatic rings. The number of aromatic nitrogens is 5. The Morgan fingerprint density at radius 3 is 2.50 bits per heavy atom. The zero-order valence-corrected chi connectivity index (χ0v) is 16.2. The standard InChI is InChI=1S/C20H17FN8O2.CH4/c21-12-5-2-1-4-11(12)10-14-25-15(13-6-3-7-24-29(13)14)19-26-17(22)16(18(23)27-19)28-8-9-31-20(28)30;/h1-7H,8-10H2,(H4,22,23,26,27);1H4. The first-order valence-electron chi connectivity index (χ1n) is 9.46. The Bertz CT molecular complexity index is 1300. The number of imidazole rings is 1. The number of halogens is 1. The molecule has 0 bridgehead atoms. The number of carbonyl (C=O) groups excluding carboxylic acids is 1. The van der Waals surface area contributed by atoms with Crippen molar-refractivity contribution in [3.8, 4) is 11.5 Å². The number of ether oxygens (including phenoxy) is 1. The van der Waals surface area contributed by atoms with E-state index in [1.54, 1.807) is 41.0 Å².